The van der Waals surface area contributed by atoms with Crippen LogP contribution in [0, 0.1) is 18.7 Å². The minimum absolute atomic E-state index is 0.0288. The second kappa shape index (κ2) is 6.34. The molecule has 0 saturated heterocycles. The van der Waals surface area contributed by atoms with Gasteiger partial charge in [-0.05, 0) is 43.4 Å². The summed E-state index contributed by atoms with van der Waals surface area (Å²) >= 11 is 3.45. The summed E-state index contributed by atoms with van der Waals surface area (Å²) in [6, 6.07) is 3.86. The summed E-state index contributed by atoms with van der Waals surface area (Å²) < 4.78 is 41.5. The van der Waals surface area contributed by atoms with Crippen LogP contribution < -0.4 is 4.72 Å². The Morgan fingerprint density at radius 2 is 2.19 bits per heavy atom. The fourth-order valence-electron chi connectivity index (χ4n) is 3.10. The summed E-state index contributed by atoms with van der Waals surface area (Å²) in [4.78, 5) is 0.0288. The van der Waals surface area contributed by atoms with Crippen molar-refractivity contribution in [3.8, 4) is 0 Å². The molecule has 6 heteroatoms. The molecule has 0 bridgehead atoms. The zero-order valence-corrected chi connectivity index (χ0v) is 14.7. The Labute approximate surface area is 134 Å². The van der Waals surface area contributed by atoms with Gasteiger partial charge in [-0.25, -0.2) is 17.5 Å². The van der Waals surface area contributed by atoms with Gasteiger partial charge >= 0.3 is 0 Å². The molecular weight excluding hydrogens is 357 g/mol. The highest BCUT2D eigenvalue weighted by molar-refractivity contribution is 9.09. The van der Waals surface area contributed by atoms with E-state index in [1.807, 2.05) is 0 Å². The molecule has 0 radical (unpaired) electrons. The number of hydrogen-bond acceptors (Lipinski definition) is 2. The van der Waals surface area contributed by atoms with E-state index in [0.717, 1.165) is 31.7 Å². The van der Waals surface area contributed by atoms with Crippen LogP contribution in [0.15, 0.2) is 23.1 Å². The van der Waals surface area contributed by atoms with Crippen LogP contribution in [0.5, 0.6) is 0 Å². The molecule has 2 unspecified atom stereocenters. The number of benzene rings is 1. The molecule has 2 atom stereocenters. The SMILES string of the molecule is Cc1ccc(F)cc1S(=O)(=O)NC1(CBr)CCCC(C)C1. The van der Waals surface area contributed by atoms with E-state index in [9.17, 15) is 12.8 Å². The molecule has 1 aliphatic rings. The highest BCUT2D eigenvalue weighted by atomic mass is 79.9. The molecule has 1 aromatic rings. The van der Waals surface area contributed by atoms with Crippen molar-refractivity contribution < 1.29 is 12.8 Å². The summed E-state index contributed by atoms with van der Waals surface area (Å²) in [5.41, 5.74) is 0.0763. The van der Waals surface area contributed by atoms with E-state index in [1.165, 1.54) is 12.1 Å². The molecule has 1 N–H and O–H groups in total. The zero-order chi connectivity index (χ0) is 15.7. The zero-order valence-electron chi connectivity index (χ0n) is 12.3. The summed E-state index contributed by atoms with van der Waals surface area (Å²) in [5.74, 6) is -0.0570. The number of hydrogen-bond donors (Lipinski definition) is 1. The third kappa shape index (κ3) is 3.85. The van der Waals surface area contributed by atoms with Gasteiger partial charge in [0.25, 0.3) is 0 Å². The van der Waals surface area contributed by atoms with Crippen molar-refractivity contribution in [1.82, 2.24) is 4.72 Å². The molecule has 3 nitrogen and oxygen atoms in total. The van der Waals surface area contributed by atoms with E-state index in [1.54, 1.807) is 6.92 Å². The van der Waals surface area contributed by atoms with Crippen LogP contribution in [0.4, 0.5) is 4.39 Å². The van der Waals surface area contributed by atoms with E-state index in [-0.39, 0.29) is 4.90 Å². The van der Waals surface area contributed by atoms with Crippen molar-refractivity contribution in [2.45, 2.75) is 50.0 Å². The van der Waals surface area contributed by atoms with Crippen molar-refractivity contribution in [2.24, 2.45) is 5.92 Å². The first-order valence-electron chi connectivity index (χ1n) is 7.14. The number of sulfonamides is 1. The minimum atomic E-state index is -3.73. The van der Waals surface area contributed by atoms with Crippen LogP contribution >= 0.6 is 15.9 Å². The molecule has 118 valence electrons. The highest BCUT2D eigenvalue weighted by Gasteiger charge is 2.38. The van der Waals surface area contributed by atoms with Crippen molar-refractivity contribution in [2.75, 3.05) is 5.33 Å². The molecule has 2 rings (SSSR count). The van der Waals surface area contributed by atoms with Gasteiger partial charge < -0.3 is 0 Å². The maximum absolute atomic E-state index is 13.4. The lowest BCUT2D eigenvalue weighted by Gasteiger charge is -2.39. The van der Waals surface area contributed by atoms with Gasteiger partial charge in [0, 0.05) is 10.9 Å². The second-order valence-electron chi connectivity index (χ2n) is 6.13. The van der Waals surface area contributed by atoms with Crippen LogP contribution in [0.3, 0.4) is 0 Å². The van der Waals surface area contributed by atoms with Crippen LogP contribution in [0.2, 0.25) is 0 Å². The first-order chi connectivity index (χ1) is 9.78. The van der Waals surface area contributed by atoms with Gasteiger partial charge in [0.05, 0.1) is 4.90 Å². The molecule has 21 heavy (non-hydrogen) atoms. The molecular formula is C15H21BrFNO2S. The Bertz CT molecular complexity index is 620. The lowest BCUT2D eigenvalue weighted by atomic mass is 9.78. The number of alkyl halides is 1. The van der Waals surface area contributed by atoms with Gasteiger partial charge in [-0.3, -0.25) is 0 Å². The summed E-state index contributed by atoms with van der Waals surface area (Å²) in [6.07, 6.45) is 3.72. The number of nitrogens with one attached hydrogen (secondary N) is 1. The summed E-state index contributed by atoms with van der Waals surface area (Å²) in [6.45, 7) is 3.82. The molecule has 1 fully saturated rings. The van der Waals surface area contributed by atoms with Gasteiger partial charge in [-0.1, -0.05) is 41.8 Å². The van der Waals surface area contributed by atoms with Crippen LogP contribution in [0.1, 0.15) is 38.2 Å². The number of rotatable bonds is 4. The highest BCUT2D eigenvalue weighted by Crippen LogP contribution is 2.35. The van der Waals surface area contributed by atoms with Crippen LogP contribution in [-0.4, -0.2) is 19.3 Å². The topological polar surface area (TPSA) is 46.2 Å². The maximum atomic E-state index is 13.4. The first-order valence-corrected chi connectivity index (χ1v) is 9.74. The van der Waals surface area contributed by atoms with Gasteiger partial charge in [0.15, 0.2) is 0 Å². The molecule has 1 aromatic carbocycles. The third-order valence-electron chi connectivity index (χ3n) is 4.14. The predicted molar refractivity (Wildman–Crippen MR) is 85.6 cm³/mol. The molecule has 0 aromatic heterocycles. The van der Waals surface area contributed by atoms with Gasteiger partial charge in [0.2, 0.25) is 10.0 Å². The summed E-state index contributed by atoms with van der Waals surface area (Å²) in [7, 11) is -3.73. The number of halogens is 2. The van der Waals surface area contributed by atoms with Gasteiger partial charge in [0.1, 0.15) is 5.82 Å². The van der Waals surface area contributed by atoms with Crippen molar-refractivity contribution in [3.63, 3.8) is 0 Å². The minimum Gasteiger partial charge on any atom is -0.207 e. The quantitative estimate of drug-likeness (QED) is 0.811. The Hall–Kier alpha value is -0.460. The average molecular weight is 378 g/mol. The molecule has 0 spiro atoms. The summed E-state index contributed by atoms with van der Waals surface area (Å²) in [5, 5.41) is 0.567. The largest absolute Gasteiger partial charge is 0.241 e. The lowest BCUT2D eigenvalue weighted by molar-refractivity contribution is 0.241. The Kier molecular flexibility index (Phi) is 5.11. The van der Waals surface area contributed by atoms with E-state index in [0.29, 0.717) is 16.8 Å². The standard InChI is InChI=1S/C15H21BrFNO2S/c1-11-4-3-7-15(9-11,10-16)18-21(19,20)14-8-13(17)6-5-12(14)2/h5-6,8,11,18H,3-4,7,9-10H2,1-2H3. The van der Waals surface area contributed by atoms with E-state index < -0.39 is 21.4 Å². The average Bonchev–Trinajstić information content (AvgIpc) is 2.41. The Morgan fingerprint density at radius 1 is 1.48 bits per heavy atom. The molecule has 1 aliphatic carbocycles. The predicted octanol–water partition coefficient (Wildman–Crippen LogP) is 3.76. The third-order valence-corrected chi connectivity index (χ3v) is 6.93. The van der Waals surface area contributed by atoms with Gasteiger partial charge in [-0.15, -0.1) is 0 Å². The molecule has 0 aliphatic heterocycles. The number of aryl methyl sites for hydroxylation is 1. The Morgan fingerprint density at radius 3 is 2.81 bits per heavy atom. The molecule has 0 amide bonds. The normalized spacial score (nSPS) is 26.8. The van der Waals surface area contributed by atoms with E-state index >= 15 is 0 Å². The fraction of sp³-hybridized carbons (Fsp3) is 0.600. The molecule has 0 heterocycles. The monoisotopic (exact) mass is 377 g/mol. The van der Waals surface area contributed by atoms with Crippen molar-refractivity contribution >= 4 is 26.0 Å². The lowest BCUT2D eigenvalue weighted by Crippen LogP contribution is -2.52. The second-order valence-corrected chi connectivity index (χ2v) is 8.34. The fourth-order valence-corrected chi connectivity index (χ4v) is 5.64. The molecule has 1 saturated carbocycles. The van der Waals surface area contributed by atoms with E-state index in [2.05, 4.69) is 27.6 Å². The smallest absolute Gasteiger partial charge is 0.207 e. The van der Waals surface area contributed by atoms with Crippen molar-refractivity contribution in [3.05, 3.63) is 29.6 Å². The van der Waals surface area contributed by atoms with Gasteiger partial charge in [-0.2, -0.15) is 0 Å². The first kappa shape index (κ1) is 16.9. The Balaban J connectivity index is 2.33. The van der Waals surface area contributed by atoms with E-state index in [4.69, 9.17) is 0 Å². The maximum Gasteiger partial charge on any atom is 0.241 e. The van der Waals surface area contributed by atoms with Crippen molar-refractivity contribution in [1.29, 1.82) is 0 Å². The van der Waals surface area contributed by atoms with Crippen LogP contribution in [0.25, 0.3) is 0 Å². The van der Waals surface area contributed by atoms with Crippen LogP contribution in [-0.2, 0) is 10.0 Å².